The van der Waals surface area contributed by atoms with E-state index in [1.54, 1.807) is 12.1 Å². The SMILES string of the molecule is COc1cc(/C=C2\N=C(c3cccs3)OC2=O)cc(Br)c1OS(C)(=O)=O. The zero-order valence-corrected chi connectivity index (χ0v) is 16.8. The first-order chi connectivity index (χ1) is 12.3. The molecule has 1 aromatic carbocycles. The van der Waals surface area contributed by atoms with Crippen LogP contribution in [0.3, 0.4) is 0 Å². The van der Waals surface area contributed by atoms with Crippen LogP contribution in [0.25, 0.3) is 6.08 Å². The van der Waals surface area contributed by atoms with Gasteiger partial charge in [-0.1, -0.05) is 6.07 Å². The van der Waals surface area contributed by atoms with Crippen molar-refractivity contribution in [3.8, 4) is 11.5 Å². The Balaban J connectivity index is 1.98. The largest absolute Gasteiger partial charge is 0.493 e. The fourth-order valence-corrected chi connectivity index (χ4v) is 3.90. The maximum Gasteiger partial charge on any atom is 0.363 e. The van der Waals surface area contributed by atoms with Crippen LogP contribution in [0, 0.1) is 0 Å². The van der Waals surface area contributed by atoms with Gasteiger partial charge in [0.15, 0.2) is 17.2 Å². The lowest BCUT2D eigenvalue weighted by Crippen LogP contribution is -2.07. The Kier molecular flexibility index (Phi) is 5.17. The normalized spacial score (nSPS) is 15.7. The molecule has 0 amide bonds. The third-order valence-electron chi connectivity index (χ3n) is 3.14. The van der Waals surface area contributed by atoms with Gasteiger partial charge in [0.1, 0.15) is 0 Å². The number of cyclic esters (lactones) is 1. The summed E-state index contributed by atoms with van der Waals surface area (Å²) in [5, 5.41) is 1.86. The molecule has 1 aromatic heterocycles. The second-order valence-electron chi connectivity index (χ2n) is 5.13. The van der Waals surface area contributed by atoms with Crippen LogP contribution in [0.5, 0.6) is 11.5 Å². The van der Waals surface area contributed by atoms with Gasteiger partial charge in [-0.2, -0.15) is 8.42 Å². The Bertz CT molecular complexity index is 1030. The number of carbonyl (C=O) groups is 1. The van der Waals surface area contributed by atoms with Gasteiger partial charge in [-0.15, -0.1) is 11.3 Å². The van der Waals surface area contributed by atoms with Crippen molar-refractivity contribution >= 4 is 55.3 Å². The highest BCUT2D eigenvalue weighted by Crippen LogP contribution is 2.38. The van der Waals surface area contributed by atoms with Crippen LogP contribution in [0.1, 0.15) is 10.4 Å². The number of hydrogen-bond acceptors (Lipinski definition) is 8. The summed E-state index contributed by atoms with van der Waals surface area (Å²) in [6.45, 7) is 0. The lowest BCUT2D eigenvalue weighted by molar-refractivity contribution is -0.129. The summed E-state index contributed by atoms with van der Waals surface area (Å²) < 4.78 is 38.4. The zero-order chi connectivity index (χ0) is 18.9. The van der Waals surface area contributed by atoms with E-state index in [2.05, 4.69) is 20.9 Å². The minimum absolute atomic E-state index is 0.0222. The van der Waals surface area contributed by atoms with Crippen LogP contribution < -0.4 is 8.92 Å². The number of hydrogen-bond donors (Lipinski definition) is 0. The summed E-state index contributed by atoms with van der Waals surface area (Å²) in [5.74, 6) is -0.112. The quantitative estimate of drug-likeness (QED) is 0.388. The lowest BCUT2D eigenvalue weighted by Gasteiger charge is -2.11. The third kappa shape index (κ3) is 4.14. The maximum atomic E-state index is 12.0. The maximum absolute atomic E-state index is 12.0. The first-order valence-electron chi connectivity index (χ1n) is 7.10. The summed E-state index contributed by atoms with van der Waals surface area (Å²) in [4.78, 5) is 17.0. The van der Waals surface area contributed by atoms with Gasteiger partial charge in [-0.3, -0.25) is 0 Å². The molecule has 0 aliphatic carbocycles. The monoisotopic (exact) mass is 457 g/mol. The van der Waals surface area contributed by atoms with Gasteiger partial charge in [-0.25, -0.2) is 9.79 Å². The smallest absolute Gasteiger partial charge is 0.363 e. The Morgan fingerprint density at radius 1 is 1.35 bits per heavy atom. The summed E-state index contributed by atoms with van der Waals surface area (Å²) >= 11 is 4.66. The van der Waals surface area contributed by atoms with E-state index in [0.29, 0.717) is 10.0 Å². The number of rotatable bonds is 5. The van der Waals surface area contributed by atoms with E-state index >= 15 is 0 Å². The third-order valence-corrected chi connectivity index (χ3v) is 5.06. The standard InChI is InChI=1S/C16H12BrNO6S2/c1-22-12-8-9(6-10(17)14(12)24-26(2,20)21)7-11-16(19)23-15(18-11)13-4-3-5-25-13/h3-8H,1-2H3/b11-7-. The Hall–Kier alpha value is -2.17. The highest BCUT2D eigenvalue weighted by molar-refractivity contribution is 9.10. The number of benzene rings is 1. The molecule has 2 heterocycles. The predicted molar refractivity (Wildman–Crippen MR) is 101 cm³/mol. The van der Waals surface area contributed by atoms with Gasteiger partial charge in [0.05, 0.1) is 22.7 Å². The van der Waals surface area contributed by atoms with E-state index in [1.165, 1.54) is 30.6 Å². The van der Waals surface area contributed by atoms with E-state index < -0.39 is 16.1 Å². The van der Waals surface area contributed by atoms with E-state index in [1.807, 2.05) is 11.4 Å². The zero-order valence-electron chi connectivity index (χ0n) is 13.6. The molecule has 7 nitrogen and oxygen atoms in total. The molecule has 0 N–H and O–H groups in total. The van der Waals surface area contributed by atoms with Gasteiger partial charge in [0.2, 0.25) is 5.90 Å². The molecule has 0 saturated heterocycles. The van der Waals surface area contributed by atoms with Crippen molar-refractivity contribution in [1.29, 1.82) is 0 Å². The lowest BCUT2D eigenvalue weighted by atomic mass is 10.1. The van der Waals surface area contributed by atoms with Gasteiger partial charge in [0, 0.05) is 0 Å². The van der Waals surface area contributed by atoms with E-state index in [0.717, 1.165) is 11.1 Å². The van der Waals surface area contributed by atoms with Crippen LogP contribution in [0.2, 0.25) is 0 Å². The van der Waals surface area contributed by atoms with E-state index in [4.69, 9.17) is 13.7 Å². The number of ether oxygens (including phenoxy) is 2. The molecule has 0 radical (unpaired) electrons. The average molecular weight is 458 g/mol. The molecule has 136 valence electrons. The van der Waals surface area contributed by atoms with E-state index in [-0.39, 0.29) is 23.1 Å². The molecule has 0 saturated carbocycles. The summed E-state index contributed by atoms with van der Waals surface area (Å²) in [6, 6.07) is 6.75. The number of nitrogens with zero attached hydrogens (tertiary/aromatic N) is 1. The first-order valence-corrected chi connectivity index (χ1v) is 10.6. The van der Waals surface area contributed by atoms with Crippen LogP contribution in [0.4, 0.5) is 0 Å². The highest BCUT2D eigenvalue weighted by atomic mass is 79.9. The number of methoxy groups -OCH3 is 1. The summed E-state index contributed by atoms with van der Waals surface area (Å²) in [7, 11) is -2.35. The van der Waals surface area contributed by atoms with Crippen molar-refractivity contribution in [2.75, 3.05) is 13.4 Å². The highest BCUT2D eigenvalue weighted by Gasteiger charge is 2.25. The minimum Gasteiger partial charge on any atom is -0.493 e. The Morgan fingerprint density at radius 3 is 2.73 bits per heavy atom. The van der Waals surface area contributed by atoms with Crippen molar-refractivity contribution in [1.82, 2.24) is 0 Å². The second-order valence-corrected chi connectivity index (χ2v) is 8.51. The average Bonchev–Trinajstić information content (AvgIpc) is 3.19. The fraction of sp³-hybridized carbons (Fsp3) is 0.125. The van der Waals surface area contributed by atoms with Gasteiger partial charge in [-0.05, 0) is 51.1 Å². The number of thiophene rings is 1. The molecule has 26 heavy (non-hydrogen) atoms. The number of esters is 1. The number of halogens is 1. The molecular formula is C16H12BrNO6S2. The molecule has 0 unspecified atom stereocenters. The Labute approximate surface area is 162 Å². The Morgan fingerprint density at radius 2 is 2.12 bits per heavy atom. The van der Waals surface area contributed by atoms with Crippen LogP contribution in [-0.2, 0) is 19.6 Å². The second kappa shape index (κ2) is 7.22. The molecule has 1 aliphatic heterocycles. The van der Waals surface area contributed by atoms with Crippen molar-refractivity contribution < 1.29 is 26.9 Å². The van der Waals surface area contributed by atoms with Crippen LogP contribution in [-0.4, -0.2) is 33.7 Å². The molecule has 2 aromatic rings. The van der Waals surface area contributed by atoms with Crippen molar-refractivity contribution in [2.24, 2.45) is 4.99 Å². The molecule has 0 bridgehead atoms. The van der Waals surface area contributed by atoms with Gasteiger partial charge >= 0.3 is 16.1 Å². The van der Waals surface area contributed by atoms with Crippen molar-refractivity contribution in [2.45, 2.75) is 0 Å². The molecular weight excluding hydrogens is 446 g/mol. The van der Waals surface area contributed by atoms with E-state index in [9.17, 15) is 13.2 Å². The molecule has 3 rings (SSSR count). The molecule has 0 fully saturated rings. The molecule has 0 spiro atoms. The molecule has 0 atom stereocenters. The molecule has 10 heteroatoms. The van der Waals surface area contributed by atoms with Gasteiger partial charge < -0.3 is 13.7 Å². The van der Waals surface area contributed by atoms with Gasteiger partial charge in [0.25, 0.3) is 0 Å². The minimum atomic E-state index is -3.73. The molecule has 1 aliphatic rings. The summed E-state index contributed by atoms with van der Waals surface area (Å²) in [6.07, 6.45) is 2.45. The fourth-order valence-electron chi connectivity index (χ4n) is 2.13. The van der Waals surface area contributed by atoms with Crippen LogP contribution in [0.15, 0.2) is 44.8 Å². The van der Waals surface area contributed by atoms with Crippen molar-refractivity contribution in [3.05, 3.63) is 50.3 Å². The number of aliphatic imine (C=N–C) groups is 1. The first kappa shape index (κ1) is 18.6. The predicted octanol–water partition coefficient (Wildman–Crippen LogP) is 3.20. The van der Waals surface area contributed by atoms with Crippen molar-refractivity contribution in [3.63, 3.8) is 0 Å². The number of carbonyl (C=O) groups excluding carboxylic acids is 1. The van der Waals surface area contributed by atoms with Crippen LogP contribution >= 0.6 is 27.3 Å². The topological polar surface area (TPSA) is 91.3 Å². The summed E-state index contributed by atoms with van der Waals surface area (Å²) in [5.41, 5.74) is 0.678.